The van der Waals surface area contributed by atoms with Gasteiger partial charge < -0.3 is 5.73 Å². The van der Waals surface area contributed by atoms with Crippen molar-refractivity contribution in [2.75, 3.05) is 24.4 Å². The first kappa shape index (κ1) is 15.3. The molecule has 1 heterocycles. The second-order valence-electron chi connectivity index (χ2n) is 5.16. The predicted octanol–water partition coefficient (Wildman–Crippen LogP) is 1.70. The first-order chi connectivity index (χ1) is 9.55. The Morgan fingerprint density at radius 1 is 1.20 bits per heavy atom. The molecule has 112 valence electrons. The van der Waals surface area contributed by atoms with E-state index >= 15 is 0 Å². The van der Waals surface area contributed by atoms with Gasteiger partial charge in [-0.3, -0.25) is 4.31 Å². The number of anilines is 1. The van der Waals surface area contributed by atoms with Crippen LogP contribution in [0.5, 0.6) is 0 Å². The molecule has 2 rings (SSSR count). The van der Waals surface area contributed by atoms with Crippen molar-refractivity contribution in [2.45, 2.75) is 32.2 Å². The molecule has 0 amide bonds. The van der Waals surface area contributed by atoms with Gasteiger partial charge in [0.25, 0.3) is 0 Å². The fourth-order valence-electron chi connectivity index (χ4n) is 2.46. The monoisotopic (exact) mass is 297 g/mol. The molecule has 1 aliphatic rings. The van der Waals surface area contributed by atoms with Gasteiger partial charge in [-0.25, -0.2) is 0 Å². The van der Waals surface area contributed by atoms with Crippen LogP contribution in [0.3, 0.4) is 0 Å². The summed E-state index contributed by atoms with van der Waals surface area (Å²) < 4.78 is 28.3. The van der Waals surface area contributed by atoms with Crippen LogP contribution in [0.1, 0.15) is 31.2 Å². The second kappa shape index (κ2) is 6.56. The number of benzene rings is 1. The molecular formula is C14H23N3O2S. The first-order valence-electron chi connectivity index (χ1n) is 7.08. The number of hydrogen-bond donors (Lipinski definition) is 1. The maximum atomic E-state index is 12.7. The van der Waals surface area contributed by atoms with Crippen molar-refractivity contribution in [3.05, 3.63) is 29.8 Å². The van der Waals surface area contributed by atoms with Crippen molar-refractivity contribution in [1.29, 1.82) is 0 Å². The molecule has 0 radical (unpaired) electrons. The van der Waals surface area contributed by atoms with E-state index in [1.807, 2.05) is 18.2 Å². The Balaban J connectivity index is 2.22. The third kappa shape index (κ3) is 3.31. The smallest absolute Gasteiger partial charge is 0.303 e. The number of rotatable bonds is 4. The minimum absolute atomic E-state index is 0.408. The van der Waals surface area contributed by atoms with E-state index in [1.54, 1.807) is 17.4 Å². The molecule has 0 unspecified atom stereocenters. The molecule has 20 heavy (non-hydrogen) atoms. The van der Waals surface area contributed by atoms with Crippen molar-refractivity contribution in [3.8, 4) is 0 Å². The van der Waals surface area contributed by atoms with Crippen molar-refractivity contribution in [2.24, 2.45) is 5.73 Å². The van der Waals surface area contributed by atoms with Crippen molar-refractivity contribution in [3.63, 3.8) is 0 Å². The highest BCUT2D eigenvalue weighted by Crippen LogP contribution is 2.22. The summed E-state index contributed by atoms with van der Waals surface area (Å²) in [6.45, 7) is 1.64. The maximum absolute atomic E-state index is 12.7. The average molecular weight is 297 g/mol. The molecule has 1 aromatic rings. The normalized spacial score (nSPS) is 17.7. The molecule has 1 aromatic carbocycles. The third-order valence-corrected chi connectivity index (χ3v) is 5.67. The topological polar surface area (TPSA) is 66.6 Å². The minimum atomic E-state index is -3.44. The molecule has 1 aliphatic heterocycles. The quantitative estimate of drug-likeness (QED) is 0.920. The van der Waals surface area contributed by atoms with Crippen LogP contribution < -0.4 is 10.0 Å². The van der Waals surface area contributed by atoms with E-state index in [-0.39, 0.29) is 0 Å². The molecule has 2 N–H and O–H groups in total. The minimum Gasteiger partial charge on any atom is -0.326 e. The highest BCUT2D eigenvalue weighted by atomic mass is 32.2. The summed E-state index contributed by atoms with van der Waals surface area (Å²) in [4.78, 5) is 0. The lowest BCUT2D eigenvalue weighted by Gasteiger charge is -2.28. The standard InChI is InChI=1S/C14H23N3O2S/c1-16(14-8-6-7-13(11-14)12-15)20(18,19)17-9-4-2-3-5-10-17/h6-8,11H,2-5,9-10,12,15H2,1H3. The Bertz CT molecular complexity index is 537. The highest BCUT2D eigenvalue weighted by Gasteiger charge is 2.27. The van der Waals surface area contributed by atoms with Gasteiger partial charge in [0.1, 0.15) is 0 Å². The molecule has 1 saturated heterocycles. The Hall–Kier alpha value is -1.11. The highest BCUT2D eigenvalue weighted by molar-refractivity contribution is 7.90. The number of hydrogen-bond acceptors (Lipinski definition) is 3. The summed E-state index contributed by atoms with van der Waals surface area (Å²) in [6.07, 6.45) is 4.10. The van der Waals surface area contributed by atoms with Crippen LogP contribution in [0.4, 0.5) is 5.69 Å². The van der Waals surface area contributed by atoms with Crippen LogP contribution in [0.25, 0.3) is 0 Å². The molecule has 5 nitrogen and oxygen atoms in total. The average Bonchev–Trinajstić information content (AvgIpc) is 2.76. The van der Waals surface area contributed by atoms with E-state index in [2.05, 4.69) is 0 Å². The number of nitrogens with zero attached hydrogens (tertiary/aromatic N) is 2. The van der Waals surface area contributed by atoms with Gasteiger partial charge in [0.15, 0.2) is 0 Å². The van der Waals surface area contributed by atoms with E-state index in [4.69, 9.17) is 5.73 Å². The van der Waals surface area contributed by atoms with E-state index in [0.29, 0.717) is 25.3 Å². The zero-order chi connectivity index (χ0) is 14.6. The molecule has 0 saturated carbocycles. The summed E-state index contributed by atoms with van der Waals surface area (Å²) in [6, 6.07) is 7.37. The van der Waals surface area contributed by atoms with Crippen LogP contribution in [-0.4, -0.2) is 32.9 Å². The van der Waals surface area contributed by atoms with E-state index in [0.717, 1.165) is 31.2 Å². The second-order valence-corrected chi connectivity index (χ2v) is 7.12. The van der Waals surface area contributed by atoms with Gasteiger partial charge in [-0.15, -0.1) is 0 Å². The number of nitrogens with two attached hydrogens (primary N) is 1. The van der Waals surface area contributed by atoms with Gasteiger partial charge in [-0.2, -0.15) is 12.7 Å². The Morgan fingerprint density at radius 2 is 1.85 bits per heavy atom. The summed E-state index contributed by atoms with van der Waals surface area (Å²) in [7, 11) is -1.83. The molecule has 0 bridgehead atoms. The van der Waals surface area contributed by atoms with Gasteiger partial charge in [0, 0.05) is 26.7 Å². The van der Waals surface area contributed by atoms with Crippen LogP contribution >= 0.6 is 0 Å². The molecule has 0 spiro atoms. The summed E-state index contributed by atoms with van der Waals surface area (Å²) in [5, 5.41) is 0. The van der Waals surface area contributed by atoms with Crippen LogP contribution in [0.2, 0.25) is 0 Å². The molecule has 0 atom stereocenters. The largest absolute Gasteiger partial charge is 0.326 e. The third-order valence-electron chi connectivity index (χ3n) is 3.75. The molecule has 0 aromatic heterocycles. The van der Waals surface area contributed by atoms with Gasteiger partial charge >= 0.3 is 10.2 Å². The predicted molar refractivity (Wildman–Crippen MR) is 81.7 cm³/mol. The van der Waals surface area contributed by atoms with E-state index in [9.17, 15) is 8.42 Å². The molecule has 6 heteroatoms. The summed E-state index contributed by atoms with van der Waals surface area (Å²) in [5.41, 5.74) is 7.21. The van der Waals surface area contributed by atoms with Crippen LogP contribution in [0.15, 0.2) is 24.3 Å². The van der Waals surface area contributed by atoms with Crippen LogP contribution in [0, 0.1) is 0 Å². The van der Waals surface area contributed by atoms with Crippen molar-refractivity contribution in [1.82, 2.24) is 4.31 Å². The van der Waals surface area contributed by atoms with Crippen molar-refractivity contribution < 1.29 is 8.42 Å². The zero-order valence-electron chi connectivity index (χ0n) is 12.0. The fourth-order valence-corrected chi connectivity index (χ4v) is 3.90. The van der Waals surface area contributed by atoms with E-state index < -0.39 is 10.2 Å². The molecule has 0 aliphatic carbocycles. The van der Waals surface area contributed by atoms with Crippen molar-refractivity contribution >= 4 is 15.9 Å². The Morgan fingerprint density at radius 3 is 2.45 bits per heavy atom. The maximum Gasteiger partial charge on any atom is 0.303 e. The zero-order valence-corrected chi connectivity index (χ0v) is 12.8. The molecular weight excluding hydrogens is 274 g/mol. The lowest BCUT2D eigenvalue weighted by atomic mass is 10.2. The molecule has 1 fully saturated rings. The lowest BCUT2D eigenvalue weighted by Crippen LogP contribution is -2.42. The lowest BCUT2D eigenvalue weighted by molar-refractivity contribution is 0.422. The fraction of sp³-hybridized carbons (Fsp3) is 0.571. The van der Waals surface area contributed by atoms with Gasteiger partial charge in [0.05, 0.1) is 5.69 Å². The van der Waals surface area contributed by atoms with Crippen LogP contribution in [-0.2, 0) is 16.8 Å². The SMILES string of the molecule is CN(c1cccc(CN)c1)S(=O)(=O)N1CCCCCC1. The Labute approximate surface area is 121 Å². The summed E-state index contributed by atoms with van der Waals surface area (Å²) >= 11 is 0. The Kier molecular flexibility index (Phi) is 5.01. The first-order valence-corrected chi connectivity index (χ1v) is 8.48. The summed E-state index contributed by atoms with van der Waals surface area (Å²) in [5.74, 6) is 0. The van der Waals surface area contributed by atoms with Gasteiger partial charge in [-0.1, -0.05) is 25.0 Å². The van der Waals surface area contributed by atoms with Gasteiger partial charge in [-0.05, 0) is 30.5 Å². The van der Waals surface area contributed by atoms with E-state index in [1.165, 1.54) is 4.31 Å². The van der Waals surface area contributed by atoms with Gasteiger partial charge in [0.2, 0.25) is 0 Å².